The van der Waals surface area contributed by atoms with Crippen LogP contribution in [0.1, 0.15) is 70.4 Å². The number of fused-ring (bicyclic) bond motifs is 2. The molecule has 0 atom stereocenters. The van der Waals surface area contributed by atoms with Crippen molar-refractivity contribution in [3.8, 4) is 0 Å². The van der Waals surface area contributed by atoms with Crippen LogP contribution in [0.25, 0.3) is 0 Å². The lowest BCUT2D eigenvalue weighted by Crippen LogP contribution is -2.32. The number of sulfonamides is 1. The van der Waals surface area contributed by atoms with Gasteiger partial charge in [0.05, 0.1) is 4.90 Å². The summed E-state index contributed by atoms with van der Waals surface area (Å²) in [5.74, 6) is -0.123. The van der Waals surface area contributed by atoms with Crippen LogP contribution < -0.4 is 15.5 Å². The van der Waals surface area contributed by atoms with Gasteiger partial charge in [-0.1, -0.05) is 48.7 Å². The summed E-state index contributed by atoms with van der Waals surface area (Å²) in [6.07, 6.45) is 5.68. The largest absolute Gasteiger partial charge is 0.444 e. The fourth-order valence-corrected chi connectivity index (χ4v) is 6.96. The van der Waals surface area contributed by atoms with Crippen molar-refractivity contribution in [3.63, 3.8) is 0 Å². The normalized spacial score (nSPS) is 13.0. The van der Waals surface area contributed by atoms with Gasteiger partial charge in [0, 0.05) is 55.2 Å². The Hall–Kier alpha value is -3.60. The molecular weight excluding hydrogens is 636 g/mol. The van der Waals surface area contributed by atoms with Crippen LogP contribution in [0.15, 0.2) is 71.6 Å². The molecule has 1 heterocycles. The average molecular weight is 683 g/mol. The number of amides is 2. The van der Waals surface area contributed by atoms with E-state index in [-0.39, 0.29) is 10.8 Å². The number of aryl methyl sites for hydroxylation is 2. The Kier molecular flexibility index (Phi) is 12.7. The SMILES string of the molecule is CN(CCCN1c2ccccc2CCc2ccc(Cl)cc21)S(=O)(=O)c1ccc(NC(=O)CCCCCCNC(=O)OC(C)(C)C)cc1. The van der Waals surface area contributed by atoms with Crippen molar-refractivity contribution in [3.05, 3.63) is 82.9 Å². The second kappa shape index (κ2) is 16.5. The maximum Gasteiger partial charge on any atom is 0.407 e. The molecular formula is C36H47ClN4O5S. The van der Waals surface area contributed by atoms with Crippen LogP contribution in [-0.4, -0.2) is 57.0 Å². The predicted octanol–water partition coefficient (Wildman–Crippen LogP) is 7.70. The number of unbranched alkanes of at least 4 members (excludes halogenated alkanes) is 3. The third-order valence-corrected chi connectivity index (χ3v) is 10.1. The summed E-state index contributed by atoms with van der Waals surface area (Å²) in [5, 5.41) is 6.26. The van der Waals surface area contributed by atoms with Crippen molar-refractivity contribution in [1.29, 1.82) is 0 Å². The number of hydrogen-bond donors (Lipinski definition) is 2. The lowest BCUT2D eigenvalue weighted by atomic mass is 10.0. The molecule has 0 bridgehead atoms. The second-order valence-electron chi connectivity index (χ2n) is 12.9. The monoisotopic (exact) mass is 682 g/mol. The van der Waals surface area contributed by atoms with Gasteiger partial charge in [-0.2, -0.15) is 0 Å². The minimum absolute atomic E-state index is 0.123. The van der Waals surface area contributed by atoms with E-state index in [0.717, 1.165) is 49.9 Å². The van der Waals surface area contributed by atoms with Gasteiger partial charge in [0.15, 0.2) is 0 Å². The number of rotatable bonds is 14. The molecule has 2 amide bonds. The zero-order chi connectivity index (χ0) is 34.0. The highest BCUT2D eigenvalue weighted by Gasteiger charge is 2.24. The number of carbonyl (C=O) groups excluding carboxylic acids is 2. The molecule has 4 rings (SSSR count). The third-order valence-electron chi connectivity index (χ3n) is 7.98. The Morgan fingerprint density at radius 2 is 1.57 bits per heavy atom. The minimum Gasteiger partial charge on any atom is -0.444 e. The Bertz CT molecular complexity index is 1620. The number of hydrogen-bond acceptors (Lipinski definition) is 6. The van der Waals surface area contributed by atoms with Crippen molar-refractivity contribution in [2.45, 2.75) is 82.6 Å². The lowest BCUT2D eigenvalue weighted by Gasteiger charge is -2.28. The number of para-hydroxylation sites is 1. The number of halogens is 1. The van der Waals surface area contributed by atoms with Crippen LogP contribution in [0.2, 0.25) is 5.02 Å². The van der Waals surface area contributed by atoms with Crippen molar-refractivity contribution in [1.82, 2.24) is 9.62 Å². The first kappa shape index (κ1) is 36.2. The number of anilines is 3. The Balaban J connectivity index is 1.22. The molecule has 254 valence electrons. The molecule has 1 aliphatic heterocycles. The van der Waals surface area contributed by atoms with Gasteiger partial charge in [0.1, 0.15) is 5.60 Å². The number of ether oxygens (including phenoxy) is 1. The molecule has 47 heavy (non-hydrogen) atoms. The highest BCUT2D eigenvalue weighted by Crippen LogP contribution is 2.37. The van der Waals surface area contributed by atoms with E-state index in [1.54, 1.807) is 19.2 Å². The maximum atomic E-state index is 13.4. The van der Waals surface area contributed by atoms with Gasteiger partial charge < -0.3 is 20.3 Å². The van der Waals surface area contributed by atoms with E-state index in [1.165, 1.54) is 27.6 Å². The molecule has 0 unspecified atom stereocenters. The molecule has 3 aromatic carbocycles. The molecule has 2 N–H and O–H groups in total. The average Bonchev–Trinajstić information content (AvgIpc) is 3.16. The van der Waals surface area contributed by atoms with Gasteiger partial charge in [0.2, 0.25) is 15.9 Å². The first-order valence-corrected chi connectivity index (χ1v) is 18.1. The molecule has 3 aromatic rings. The quantitative estimate of drug-likeness (QED) is 0.169. The fourth-order valence-electron chi connectivity index (χ4n) is 5.58. The minimum atomic E-state index is -3.72. The number of nitrogens with zero attached hydrogens (tertiary/aromatic N) is 2. The summed E-state index contributed by atoms with van der Waals surface area (Å²) in [4.78, 5) is 26.5. The summed E-state index contributed by atoms with van der Waals surface area (Å²) in [7, 11) is -2.12. The van der Waals surface area contributed by atoms with Crippen LogP contribution in [0.5, 0.6) is 0 Å². The maximum absolute atomic E-state index is 13.4. The molecule has 0 fully saturated rings. The molecule has 0 aromatic heterocycles. The second-order valence-corrected chi connectivity index (χ2v) is 15.4. The lowest BCUT2D eigenvalue weighted by molar-refractivity contribution is -0.116. The van der Waals surface area contributed by atoms with Crippen molar-refractivity contribution < 1.29 is 22.7 Å². The Morgan fingerprint density at radius 3 is 2.30 bits per heavy atom. The topological polar surface area (TPSA) is 108 Å². The van der Waals surface area contributed by atoms with E-state index in [2.05, 4.69) is 39.8 Å². The van der Waals surface area contributed by atoms with Crippen LogP contribution in [0, 0.1) is 0 Å². The molecule has 0 spiro atoms. The van der Waals surface area contributed by atoms with Crippen LogP contribution in [0.4, 0.5) is 21.9 Å². The molecule has 0 radical (unpaired) electrons. The highest BCUT2D eigenvalue weighted by molar-refractivity contribution is 7.89. The molecule has 1 aliphatic rings. The summed E-state index contributed by atoms with van der Waals surface area (Å²) in [6.45, 7) is 6.97. The van der Waals surface area contributed by atoms with Crippen LogP contribution >= 0.6 is 11.6 Å². The zero-order valence-corrected chi connectivity index (χ0v) is 29.4. The van der Waals surface area contributed by atoms with E-state index in [1.807, 2.05) is 39.0 Å². The van der Waals surface area contributed by atoms with E-state index < -0.39 is 21.7 Å². The van der Waals surface area contributed by atoms with Gasteiger partial charge in [-0.25, -0.2) is 17.5 Å². The van der Waals surface area contributed by atoms with Crippen molar-refractivity contribution in [2.24, 2.45) is 0 Å². The third kappa shape index (κ3) is 10.7. The van der Waals surface area contributed by atoms with E-state index in [9.17, 15) is 18.0 Å². The van der Waals surface area contributed by atoms with E-state index in [0.29, 0.717) is 43.2 Å². The summed E-state index contributed by atoms with van der Waals surface area (Å²) >= 11 is 6.39. The molecule has 11 heteroatoms. The first-order chi connectivity index (χ1) is 22.3. The first-order valence-electron chi connectivity index (χ1n) is 16.3. The number of benzene rings is 3. The molecule has 0 saturated heterocycles. The molecule has 0 saturated carbocycles. The number of alkyl carbamates (subject to hydrolysis) is 1. The highest BCUT2D eigenvalue weighted by atomic mass is 35.5. The fraction of sp³-hybridized carbons (Fsp3) is 0.444. The molecule has 9 nitrogen and oxygen atoms in total. The van der Waals surface area contributed by atoms with Gasteiger partial charge in [0.25, 0.3) is 0 Å². The van der Waals surface area contributed by atoms with Gasteiger partial charge >= 0.3 is 6.09 Å². The van der Waals surface area contributed by atoms with E-state index in [4.69, 9.17) is 16.3 Å². The van der Waals surface area contributed by atoms with Crippen molar-refractivity contribution >= 4 is 50.7 Å². The van der Waals surface area contributed by atoms with E-state index >= 15 is 0 Å². The van der Waals surface area contributed by atoms with Gasteiger partial charge in [-0.3, -0.25) is 4.79 Å². The number of nitrogens with one attached hydrogen (secondary N) is 2. The molecule has 0 aliphatic carbocycles. The number of carbonyl (C=O) groups is 2. The summed E-state index contributed by atoms with van der Waals surface area (Å²) in [5.41, 5.74) is 4.71. The van der Waals surface area contributed by atoms with Crippen LogP contribution in [-0.2, 0) is 32.4 Å². The Labute approximate surface area is 284 Å². The standard InChI is InChI=1S/C36H47ClN4O5S/c1-36(2,3)46-35(43)38-23-10-6-5-7-14-34(42)39-30-19-21-31(22-20-30)47(44,45)40(4)24-11-25-41-32-13-9-8-12-27(32)15-16-28-17-18-29(37)26-33(28)41/h8-9,12-13,17-22,26H,5-7,10-11,14-16,23-25H2,1-4H3,(H,38,43)(H,39,42). The Morgan fingerprint density at radius 1 is 0.894 bits per heavy atom. The smallest absolute Gasteiger partial charge is 0.407 e. The van der Waals surface area contributed by atoms with Gasteiger partial charge in [-0.05, 0) is 106 Å². The van der Waals surface area contributed by atoms with Gasteiger partial charge in [-0.15, -0.1) is 0 Å². The summed E-state index contributed by atoms with van der Waals surface area (Å²) < 4.78 is 33.3. The zero-order valence-electron chi connectivity index (χ0n) is 27.9. The van der Waals surface area contributed by atoms with Crippen LogP contribution in [0.3, 0.4) is 0 Å². The summed E-state index contributed by atoms with van der Waals surface area (Å²) in [6, 6.07) is 20.6. The van der Waals surface area contributed by atoms with Crippen molar-refractivity contribution in [2.75, 3.05) is 36.9 Å². The predicted molar refractivity (Wildman–Crippen MR) is 189 cm³/mol.